The molecule has 0 bridgehead atoms. The zero-order valence-corrected chi connectivity index (χ0v) is 19.8. The maximum absolute atomic E-state index is 12.1. The maximum Gasteiger partial charge on any atom is 0.411 e. The number of alkyl halides is 3. The summed E-state index contributed by atoms with van der Waals surface area (Å²) in [5.74, 6) is 0.707. The molecular formula is C20H27F3IN3OS. The third kappa shape index (κ3) is 10.3. The fraction of sp³-hybridized carbons (Fsp3) is 0.450. The molecule has 1 aromatic carbocycles. The Morgan fingerprint density at radius 3 is 2.34 bits per heavy atom. The number of nitrogens with zero attached hydrogens (tertiary/aromatic N) is 1. The second kappa shape index (κ2) is 12.4. The second-order valence-corrected chi connectivity index (χ2v) is 7.98. The van der Waals surface area contributed by atoms with Gasteiger partial charge in [-0.15, -0.1) is 35.3 Å². The number of thiophene rings is 1. The molecule has 2 N–H and O–H groups in total. The van der Waals surface area contributed by atoms with Crippen LogP contribution in [0.5, 0.6) is 0 Å². The molecule has 0 aliphatic carbocycles. The predicted octanol–water partition coefficient (Wildman–Crippen LogP) is 5.05. The first kappa shape index (κ1) is 25.7. The van der Waals surface area contributed by atoms with Gasteiger partial charge in [-0.05, 0) is 37.1 Å². The van der Waals surface area contributed by atoms with Gasteiger partial charge in [0.15, 0.2) is 5.96 Å². The average molecular weight is 541 g/mol. The number of aliphatic imine (C=N–C) groups is 1. The van der Waals surface area contributed by atoms with Crippen molar-refractivity contribution in [3.8, 4) is 0 Å². The Labute approximate surface area is 191 Å². The van der Waals surface area contributed by atoms with Gasteiger partial charge in [-0.2, -0.15) is 13.2 Å². The Kier molecular flexibility index (Phi) is 11.0. The molecule has 2 rings (SSSR count). The summed E-state index contributed by atoms with van der Waals surface area (Å²) in [6.45, 7) is 3.48. The van der Waals surface area contributed by atoms with Gasteiger partial charge in [0.1, 0.15) is 6.61 Å². The highest BCUT2D eigenvalue weighted by molar-refractivity contribution is 14.0. The Bertz CT molecular complexity index is 763. The van der Waals surface area contributed by atoms with E-state index in [-0.39, 0.29) is 36.6 Å². The molecule has 162 valence electrons. The van der Waals surface area contributed by atoms with E-state index in [9.17, 15) is 13.2 Å². The van der Waals surface area contributed by atoms with Crippen LogP contribution in [0.4, 0.5) is 13.2 Å². The van der Waals surface area contributed by atoms with Crippen LogP contribution in [0.3, 0.4) is 0 Å². The van der Waals surface area contributed by atoms with Gasteiger partial charge in [0.2, 0.25) is 0 Å². The molecule has 1 aromatic heterocycles. The Hall–Kier alpha value is -1.33. The van der Waals surface area contributed by atoms with Crippen LogP contribution in [-0.4, -0.2) is 31.8 Å². The van der Waals surface area contributed by atoms with Crippen molar-refractivity contribution in [2.75, 3.05) is 13.7 Å². The van der Waals surface area contributed by atoms with Crippen molar-refractivity contribution in [2.24, 2.45) is 4.99 Å². The van der Waals surface area contributed by atoms with E-state index < -0.39 is 12.8 Å². The lowest BCUT2D eigenvalue weighted by Crippen LogP contribution is -2.42. The SMILES string of the molecule is CN=C(NCc1ccc(COCC(F)(F)F)cc1)NC(C)Cc1ccc(C)s1.I. The van der Waals surface area contributed by atoms with E-state index in [1.807, 2.05) is 12.1 Å². The first-order valence-corrected chi connectivity index (χ1v) is 9.81. The third-order valence-corrected chi connectivity index (χ3v) is 4.95. The highest BCUT2D eigenvalue weighted by Crippen LogP contribution is 2.17. The Morgan fingerprint density at radius 1 is 1.14 bits per heavy atom. The number of ether oxygens (including phenoxy) is 1. The van der Waals surface area contributed by atoms with Gasteiger partial charge in [0.05, 0.1) is 6.61 Å². The third-order valence-electron chi connectivity index (χ3n) is 3.93. The summed E-state index contributed by atoms with van der Waals surface area (Å²) in [5.41, 5.74) is 1.71. The van der Waals surface area contributed by atoms with Crippen LogP contribution in [0.2, 0.25) is 0 Å². The predicted molar refractivity (Wildman–Crippen MR) is 123 cm³/mol. The number of guanidine groups is 1. The number of benzene rings is 1. The fourth-order valence-electron chi connectivity index (χ4n) is 2.60. The lowest BCUT2D eigenvalue weighted by atomic mass is 10.1. The van der Waals surface area contributed by atoms with Crippen molar-refractivity contribution in [1.29, 1.82) is 0 Å². The zero-order chi connectivity index (χ0) is 20.6. The molecule has 2 aromatic rings. The smallest absolute Gasteiger partial charge is 0.367 e. The van der Waals surface area contributed by atoms with Crippen LogP contribution in [-0.2, 0) is 24.3 Å². The van der Waals surface area contributed by atoms with Crippen LogP contribution < -0.4 is 10.6 Å². The second-order valence-electron chi connectivity index (χ2n) is 6.61. The molecule has 0 fully saturated rings. The minimum Gasteiger partial charge on any atom is -0.367 e. The molecule has 0 spiro atoms. The van der Waals surface area contributed by atoms with Crippen molar-refractivity contribution in [2.45, 2.75) is 45.6 Å². The van der Waals surface area contributed by atoms with Crippen LogP contribution >= 0.6 is 35.3 Å². The van der Waals surface area contributed by atoms with Crippen LogP contribution in [0, 0.1) is 6.92 Å². The quantitative estimate of drug-likeness (QED) is 0.280. The van der Waals surface area contributed by atoms with Crippen LogP contribution in [0.25, 0.3) is 0 Å². The standard InChI is InChI=1S/C20H26F3N3OS.HI/c1-14(10-18-9-4-15(2)28-18)26-19(24-3)25-11-16-5-7-17(8-6-16)12-27-13-20(21,22)23;/h4-9,14H,10-13H2,1-3H3,(H2,24,25,26);1H. The minimum atomic E-state index is -4.30. The molecular weight excluding hydrogens is 514 g/mol. The van der Waals surface area contributed by atoms with E-state index in [2.05, 4.69) is 46.3 Å². The summed E-state index contributed by atoms with van der Waals surface area (Å²) in [7, 11) is 1.72. The summed E-state index contributed by atoms with van der Waals surface area (Å²) >= 11 is 1.80. The van der Waals surface area contributed by atoms with Gasteiger partial charge in [0, 0.05) is 35.8 Å². The molecule has 4 nitrogen and oxygen atoms in total. The molecule has 0 radical (unpaired) electrons. The lowest BCUT2D eigenvalue weighted by molar-refractivity contribution is -0.176. The maximum atomic E-state index is 12.1. The largest absolute Gasteiger partial charge is 0.411 e. The molecule has 0 aliphatic rings. The summed E-state index contributed by atoms with van der Waals surface area (Å²) in [6.07, 6.45) is -3.38. The molecule has 0 saturated carbocycles. The van der Waals surface area contributed by atoms with Crippen LogP contribution in [0.15, 0.2) is 41.4 Å². The summed E-state index contributed by atoms with van der Waals surface area (Å²) in [4.78, 5) is 6.87. The van der Waals surface area contributed by atoms with E-state index in [0.717, 1.165) is 12.0 Å². The van der Waals surface area contributed by atoms with Gasteiger partial charge in [-0.3, -0.25) is 4.99 Å². The monoisotopic (exact) mass is 541 g/mol. The van der Waals surface area contributed by atoms with Crippen LogP contribution in [0.1, 0.15) is 27.8 Å². The first-order valence-electron chi connectivity index (χ1n) is 9.00. The molecule has 0 saturated heterocycles. The van der Waals surface area contributed by atoms with Gasteiger partial charge < -0.3 is 15.4 Å². The molecule has 1 heterocycles. The highest BCUT2D eigenvalue weighted by Gasteiger charge is 2.27. The van der Waals surface area contributed by atoms with E-state index in [4.69, 9.17) is 0 Å². The van der Waals surface area contributed by atoms with Crippen molar-refractivity contribution < 1.29 is 17.9 Å². The normalized spacial score (nSPS) is 13.0. The van der Waals surface area contributed by atoms with E-state index in [0.29, 0.717) is 18.1 Å². The van der Waals surface area contributed by atoms with E-state index >= 15 is 0 Å². The lowest BCUT2D eigenvalue weighted by Gasteiger charge is -2.17. The average Bonchev–Trinajstić information content (AvgIpc) is 3.03. The summed E-state index contributed by atoms with van der Waals surface area (Å²) in [6, 6.07) is 11.8. The number of hydrogen-bond acceptors (Lipinski definition) is 3. The fourth-order valence-corrected chi connectivity index (χ4v) is 3.62. The number of nitrogens with one attached hydrogen (secondary N) is 2. The molecule has 29 heavy (non-hydrogen) atoms. The number of hydrogen-bond donors (Lipinski definition) is 2. The van der Waals surface area contributed by atoms with Gasteiger partial charge >= 0.3 is 6.18 Å². The topological polar surface area (TPSA) is 45.7 Å². The van der Waals surface area contributed by atoms with Gasteiger partial charge in [-0.25, -0.2) is 0 Å². The number of rotatable bonds is 8. The number of aryl methyl sites for hydroxylation is 1. The number of halogens is 4. The summed E-state index contributed by atoms with van der Waals surface area (Å²) < 4.78 is 41.0. The Morgan fingerprint density at radius 2 is 1.79 bits per heavy atom. The molecule has 9 heteroatoms. The zero-order valence-electron chi connectivity index (χ0n) is 16.7. The van der Waals surface area contributed by atoms with Crippen molar-refractivity contribution >= 4 is 41.3 Å². The van der Waals surface area contributed by atoms with E-state index in [1.165, 1.54) is 9.75 Å². The minimum absolute atomic E-state index is 0. The van der Waals surface area contributed by atoms with E-state index in [1.54, 1.807) is 30.5 Å². The van der Waals surface area contributed by atoms with Crippen molar-refractivity contribution in [3.63, 3.8) is 0 Å². The molecule has 0 amide bonds. The molecule has 1 atom stereocenters. The molecule has 0 aliphatic heterocycles. The van der Waals surface area contributed by atoms with Crippen molar-refractivity contribution in [3.05, 3.63) is 57.3 Å². The van der Waals surface area contributed by atoms with Crippen molar-refractivity contribution in [1.82, 2.24) is 10.6 Å². The Balaban J connectivity index is 0.00000420. The summed E-state index contributed by atoms with van der Waals surface area (Å²) in [5, 5.41) is 6.62. The molecule has 1 unspecified atom stereocenters. The highest BCUT2D eigenvalue weighted by atomic mass is 127. The van der Waals surface area contributed by atoms with Gasteiger partial charge in [-0.1, -0.05) is 24.3 Å². The first-order chi connectivity index (χ1) is 13.2. The van der Waals surface area contributed by atoms with Gasteiger partial charge in [0.25, 0.3) is 0 Å².